The molecular weight excluding hydrogens is 427 g/mol. The molecule has 1 amide bonds. The highest BCUT2D eigenvalue weighted by molar-refractivity contribution is 6.36. The normalized spacial score (nSPS) is 15.1. The van der Waals surface area contributed by atoms with E-state index in [1.807, 2.05) is 24.3 Å². The summed E-state index contributed by atoms with van der Waals surface area (Å²) in [5.74, 6) is 2.41. The minimum atomic E-state index is -0.214. The van der Waals surface area contributed by atoms with Gasteiger partial charge < -0.3 is 18.8 Å². The molecule has 0 fully saturated rings. The number of aromatic nitrogens is 1. The summed E-state index contributed by atoms with van der Waals surface area (Å²) in [5.41, 5.74) is 0.706. The Hall–Kier alpha value is -2.70. The van der Waals surface area contributed by atoms with E-state index in [9.17, 15) is 4.79 Å². The first-order chi connectivity index (χ1) is 14.5. The second kappa shape index (κ2) is 8.98. The zero-order chi connectivity index (χ0) is 21.1. The van der Waals surface area contributed by atoms with Gasteiger partial charge in [0.15, 0.2) is 29.3 Å². The molecule has 3 aromatic rings. The Morgan fingerprint density at radius 1 is 1.20 bits per heavy atom. The summed E-state index contributed by atoms with van der Waals surface area (Å²) in [7, 11) is 1.75. The molecule has 1 aliphatic rings. The Morgan fingerprint density at radius 3 is 2.80 bits per heavy atom. The van der Waals surface area contributed by atoms with Crippen LogP contribution in [0.1, 0.15) is 12.3 Å². The number of halogens is 2. The molecule has 1 atom stereocenters. The number of para-hydroxylation sites is 2. The summed E-state index contributed by atoms with van der Waals surface area (Å²) < 4.78 is 17.4. The predicted octanol–water partition coefficient (Wildman–Crippen LogP) is 4.88. The molecule has 2 aromatic carbocycles. The van der Waals surface area contributed by atoms with E-state index in [1.165, 1.54) is 0 Å². The predicted molar refractivity (Wildman–Crippen MR) is 114 cm³/mol. The lowest BCUT2D eigenvalue weighted by Gasteiger charge is -2.29. The Morgan fingerprint density at radius 2 is 2.00 bits per heavy atom. The van der Waals surface area contributed by atoms with Gasteiger partial charge in [-0.3, -0.25) is 4.79 Å². The van der Waals surface area contributed by atoms with Crippen molar-refractivity contribution in [1.82, 2.24) is 9.88 Å². The van der Waals surface area contributed by atoms with Crippen molar-refractivity contribution < 1.29 is 18.7 Å². The lowest BCUT2D eigenvalue weighted by molar-refractivity contribution is -0.131. The third kappa shape index (κ3) is 4.71. The van der Waals surface area contributed by atoms with Crippen molar-refractivity contribution in [3.05, 3.63) is 64.6 Å². The third-order valence-corrected chi connectivity index (χ3v) is 5.32. The van der Waals surface area contributed by atoms with Crippen LogP contribution in [-0.4, -0.2) is 42.1 Å². The maximum atomic E-state index is 12.5. The summed E-state index contributed by atoms with van der Waals surface area (Å²) in [4.78, 5) is 18.4. The van der Waals surface area contributed by atoms with Gasteiger partial charge in [-0.25, -0.2) is 4.98 Å². The molecule has 1 unspecified atom stereocenters. The standard InChI is InChI=1S/C22H20Cl2N2O4/c1-26(12-15-13-28-18-4-2-3-5-19(18)29-15)22(27)9-8-21-25-11-20(30-21)16-7-6-14(23)10-17(16)24/h2-7,10-11,15H,8-9,12-13H2,1H3. The van der Waals surface area contributed by atoms with Crippen molar-refractivity contribution in [2.45, 2.75) is 18.9 Å². The average Bonchev–Trinajstić information content (AvgIpc) is 3.20. The molecule has 0 N–H and O–H groups in total. The SMILES string of the molecule is CN(CC1COc2ccccc2O1)C(=O)CCc1ncc(-c2ccc(Cl)cc2Cl)o1. The fraction of sp³-hybridized carbons (Fsp3) is 0.273. The van der Waals surface area contributed by atoms with Crippen molar-refractivity contribution in [3.63, 3.8) is 0 Å². The lowest BCUT2D eigenvalue weighted by atomic mass is 10.2. The number of benzene rings is 2. The molecule has 156 valence electrons. The monoisotopic (exact) mass is 446 g/mol. The zero-order valence-electron chi connectivity index (χ0n) is 16.3. The molecule has 0 saturated carbocycles. The average molecular weight is 447 g/mol. The van der Waals surface area contributed by atoms with Crippen molar-refractivity contribution >= 4 is 29.1 Å². The van der Waals surface area contributed by atoms with E-state index in [1.54, 1.807) is 36.3 Å². The Kier molecular flexibility index (Phi) is 6.16. The van der Waals surface area contributed by atoms with Gasteiger partial charge in [-0.2, -0.15) is 0 Å². The van der Waals surface area contributed by atoms with Gasteiger partial charge in [-0.05, 0) is 30.3 Å². The molecule has 30 heavy (non-hydrogen) atoms. The van der Waals surface area contributed by atoms with E-state index in [0.29, 0.717) is 52.6 Å². The topological polar surface area (TPSA) is 64.8 Å². The van der Waals surface area contributed by atoms with Gasteiger partial charge in [0.05, 0.1) is 17.8 Å². The van der Waals surface area contributed by atoms with Crippen LogP contribution in [0.15, 0.2) is 53.1 Å². The van der Waals surface area contributed by atoms with E-state index < -0.39 is 0 Å². The van der Waals surface area contributed by atoms with E-state index in [2.05, 4.69) is 4.98 Å². The van der Waals surface area contributed by atoms with Crippen LogP contribution in [0.25, 0.3) is 11.3 Å². The van der Waals surface area contributed by atoms with Gasteiger partial charge in [0, 0.05) is 30.5 Å². The molecule has 0 saturated heterocycles. The highest BCUT2D eigenvalue weighted by Crippen LogP contribution is 2.32. The van der Waals surface area contributed by atoms with Gasteiger partial charge in [0.1, 0.15) is 6.61 Å². The van der Waals surface area contributed by atoms with Crippen molar-refractivity contribution in [3.8, 4) is 22.8 Å². The Balaban J connectivity index is 1.30. The molecule has 0 aliphatic carbocycles. The molecular formula is C22H20Cl2N2O4. The van der Waals surface area contributed by atoms with E-state index in [-0.39, 0.29) is 18.4 Å². The molecule has 8 heteroatoms. The highest BCUT2D eigenvalue weighted by atomic mass is 35.5. The first-order valence-electron chi connectivity index (χ1n) is 9.52. The summed E-state index contributed by atoms with van der Waals surface area (Å²) in [6, 6.07) is 12.7. The Bertz CT molecular complexity index is 1050. The molecule has 0 radical (unpaired) electrons. The van der Waals surface area contributed by atoms with Gasteiger partial charge in [0.2, 0.25) is 5.91 Å². The quantitative estimate of drug-likeness (QED) is 0.539. The molecule has 2 heterocycles. The number of fused-ring (bicyclic) bond motifs is 1. The minimum Gasteiger partial charge on any atom is -0.486 e. The van der Waals surface area contributed by atoms with Crippen molar-refractivity contribution in [2.75, 3.05) is 20.2 Å². The highest BCUT2D eigenvalue weighted by Gasteiger charge is 2.24. The number of amides is 1. The van der Waals surface area contributed by atoms with E-state index in [4.69, 9.17) is 37.1 Å². The molecule has 1 aromatic heterocycles. The molecule has 0 spiro atoms. The fourth-order valence-corrected chi connectivity index (χ4v) is 3.71. The first-order valence-corrected chi connectivity index (χ1v) is 10.3. The number of oxazole rings is 1. The van der Waals surface area contributed by atoms with Gasteiger partial charge in [-0.1, -0.05) is 35.3 Å². The number of hydrogen-bond acceptors (Lipinski definition) is 5. The van der Waals surface area contributed by atoms with Crippen LogP contribution in [0.4, 0.5) is 0 Å². The van der Waals surface area contributed by atoms with Gasteiger partial charge >= 0.3 is 0 Å². The maximum Gasteiger partial charge on any atom is 0.222 e. The Labute approximate surface area is 184 Å². The number of hydrogen-bond donors (Lipinski definition) is 0. The van der Waals surface area contributed by atoms with Crippen LogP contribution in [-0.2, 0) is 11.2 Å². The van der Waals surface area contributed by atoms with Crippen LogP contribution in [0.2, 0.25) is 10.0 Å². The number of rotatable bonds is 6. The van der Waals surface area contributed by atoms with Crippen molar-refractivity contribution in [2.24, 2.45) is 0 Å². The summed E-state index contributed by atoms with van der Waals surface area (Å²) in [6.07, 6.45) is 2.05. The molecule has 0 bridgehead atoms. The smallest absolute Gasteiger partial charge is 0.222 e. The number of ether oxygens (including phenoxy) is 2. The maximum absolute atomic E-state index is 12.5. The van der Waals surface area contributed by atoms with E-state index >= 15 is 0 Å². The van der Waals surface area contributed by atoms with Crippen molar-refractivity contribution in [1.29, 1.82) is 0 Å². The fourth-order valence-electron chi connectivity index (χ4n) is 3.20. The van der Waals surface area contributed by atoms with Gasteiger partial charge in [0.25, 0.3) is 0 Å². The largest absolute Gasteiger partial charge is 0.486 e. The number of nitrogens with zero attached hydrogens (tertiary/aromatic N) is 2. The van der Waals surface area contributed by atoms with Crippen LogP contribution in [0.5, 0.6) is 11.5 Å². The number of likely N-dealkylation sites (N-methyl/N-ethyl adjacent to an activating group) is 1. The first kappa shape index (κ1) is 20.6. The molecule has 6 nitrogen and oxygen atoms in total. The number of aryl methyl sites for hydroxylation is 1. The lowest BCUT2D eigenvalue weighted by Crippen LogP contribution is -2.41. The van der Waals surface area contributed by atoms with Gasteiger partial charge in [-0.15, -0.1) is 0 Å². The van der Waals surface area contributed by atoms with Crippen LogP contribution in [0.3, 0.4) is 0 Å². The summed E-state index contributed by atoms with van der Waals surface area (Å²) >= 11 is 12.1. The summed E-state index contributed by atoms with van der Waals surface area (Å²) in [6.45, 7) is 0.837. The van der Waals surface area contributed by atoms with Crippen LogP contribution >= 0.6 is 23.2 Å². The summed E-state index contributed by atoms with van der Waals surface area (Å²) in [5, 5.41) is 1.03. The second-order valence-corrected chi connectivity index (χ2v) is 7.86. The van der Waals surface area contributed by atoms with Crippen LogP contribution in [0, 0.1) is 0 Å². The minimum absolute atomic E-state index is 0.0262. The number of carbonyl (C=O) groups is 1. The zero-order valence-corrected chi connectivity index (χ0v) is 17.8. The third-order valence-electron chi connectivity index (χ3n) is 4.77. The van der Waals surface area contributed by atoms with Crippen LogP contribution < -0.4 is 9.47 Å². The van der Waals surface area contributed by atoms with E-state index in [0.717, 1.165) is 5.75 Å². The second-order valence-electron chi connectivity index (χ2n) is 7.01. The molecule has 1 aliphatic heterocycles. The number of carbonyl (C=O) groups excluding carboxylic acids is 1. The molecule has 4 rings (SSSR count).